The Balaban J connectivity index is 1.90. The van der Waals surface area contributed by atoms with Crippen molar-refractivity contribution in [3.05, 3.63) is 53.6 Å². The second kappa shape index (κ2) is 7.18. The summed E-state index contributed by atoms with van der Waals surface area (Å²) in [5.41, 5.74) is 2.30. The molecule has 0 radical (unpaired) electrons. The van der Waals surface area contributed by atoms with Gasteiger partial charge in [-0.05, 0) is 54.7 Å². The van der Waals surface area contributed by atoms with Gasteiger partial charge < -0.3 is 14.8 Å². The first-order valence-electron chi connectivity index (χ1n) is 7.95. The van der Waals surface area contributed by atoms with Crippen molar-refractivity contribution in [1.82, 2.24) is 5.32 Å². The van der Waals surface area contributed by atoms with Crippen LogP contribution in [0.15, 0.2) is 42.5 Å². The van der Waals surface area contributed by atoms with E-state index in [-0.39, 0.29) is 5.91 Å². The minimum atomic E-state index is 0.107. The Bertz CT molecular complexity index is 680. The van der Waals surface area contributed by atoms with Crippen LogP contribution < -0.4 is 14.8 Å². The van der Waals surface area contributed by atoms with Crippen LogP contribution >= 0.6 is 0 Å². The zero-order chi connectivity index (χ0) is 16.1. The highest BCUT2D eigenvalue weighted by molar-refractivity contribution is 5.76. The van der Waals surface area contributed by atoms with Gasteiger partial charge in [0, 0.05) is 13.0 Å². The lowest BCUT2D eigenvalue weighted by molar-refractivity contribution is -0.121. The number of nitrogens with one attached hydrogen (secondary N) is 1. The molecule has 0 fully saturated rings. The van der Waals surface area contributed by atoms with E-state index in [4.69, 9.17) is 9.47 Å². The van der Waals surface area contributed by atoms with Crippen LogP contribution in [0.1, 0.15) is 24.0 Å². The first-order valence-corrected chi connectivity index (χ1v) is 7.95. The van der Waals surface area contributed by atoms with E-state index in [9.17, 15) is 4.79 Å². The van der Waals surface area contributed by atoms with Crippen LogP contribution in [0.4, 0.5) is 0 Å². The van der Waals surface area contributed by atoms with Crippen molar-refractivity contribution in [1.29, 1.82) is 0 Å². The number of rotatable bonds is 1. The largest absolute Gasteiger partial charge is 0.493 e. The molecule has 120 valence electrons. The summed E-state index contributed by atoms with van der Waals surface area (Å²) in [7, 11) is 1.64. The van der Waals surface area contributed by atoms with Gasteiger partial charge in [-0.2, -0.15) is 0 Å². The average Bonchev–Trinajstić information content (AvgIpc) is 2.58. The maximum absolute atomic E-state index is 11.8. The Labute approximate surface area is 136 Å². The summed E-state index contributed by atoms with van der Waals surface area (Å²) < 4.78 is 11.4. The molecule has 2 heterocycles. The lowest BCUT2D eigenvalue weighted by atomic mass is 10.1. The van der Waals surface area contributed by atoms with Crippen LogP contribution in [0.3, 0.4) is 0 Å². The van der Waals surface area contributed by atoms with Gasteiger partial charge in [-0.1, -0.05) is 18.2 Å². The normalized spacial score (nSPS) is 15.1. The molecule has 2 aliphatic rings. The molecule has 4 heteroatoms. The number of fused-ring (bicyclic) bond motifs is 8. The van der Waals surface area contributed by atoms with E-state index in [0.29, 0.717) is 13.0 Å². The van der Waals surface area contributed by atoms with Crippen LogP contribution in [0.2, 0.25) is 0 Å². The van der Waals surface area contributed by atoms with Crippen LogP contribution in [0.25, 0.3) is 0 Å². The number of amides is 1. The van der Waals surface area contributed by atoms with Gasteiger partial charge in [-0.15, -0.1) is 0 Å². The monoisotopic (exact) mass is 311 g/mol. The number of carbonyl (C=O) groups excluding carboxylic acids is 1. The van der Waals surface area contributed by atoms with Gasteiger partial charge in [0.25, 0.3) is 0 Å². The smallest absolute Gasteiger partial charge is 0.220 e. The highest BCUT2D eigenvalue weighted by Crippen LogP contribution is 2.33. The standard InChI is InChI=1S/C19H21NO3/c1-22-17-10-6-15-3-2-12-20-19(21)11-7-14-4-8-16(9-5-14)23-18(17)13-15/h4-6,8-10,13H,2-3,7,11-12H2,1H3,(H,20,21). The van der Waals surface area contributed by atoms with Crippen molar-refractivity contribution in [3.8, 4) is 17.2 Å². The van der Waals surface area contributed by atoms with Crippen molar-refractivity contribution in [2.24, 2.45) is 0 Å². The molecule has 0 saturated carbocycles. The Hall–Kier alpha value is -2.49. The van der Waals surface area contributed by atoms with E-state index in [0.717, 1.165) is 42.1 Å². The summed E-state index contributed by atoms with van der Waals surface area (Å²) in [6.07, 6.45) is 3.05. The number of benzene rings is 2. The summed E-state index contributed by atoms with van der Waals surface area (Å²) in [6.45, 7) is 0.694. The SMILES string of the molecule is COc1ccc2cc1Oc1ccc(cc1)CCC(=O)NCCC2. The van der Waals surface area contributed by atoms with E-state index in [1.807, 2.05) is 42.5 Å². The maximum Gasteiger partial charge on any atom is 0.220 e. The molecule has 0 saturated heterocycles. The quantitative estimate of drug-likeness (QED) is 0.877. The molecular formula is C19H21NO3. The van der Waals surface area contributed by atoms with Crippen LogP contribution in [0, 0.1) is 0 Å². The minimum absolute atomic E-state index is 0.107. The number of hydrogen-bond acceptors (Lipinski definition) is 3. The molecular weight excluding hydrogens is 290 g/mol. The number of ether oxygens (including phenoxy) is 2. The summed E-state index contributed by atoms with van der Waals surface area (Å²) in [6, 6.07) is 13.8. The molecule has 4 rings (SSSR count). The minimum Gasteiger partial charge on any atom is -0.493 e. The van der Waals surface area contributed by atoms with E-state index >= 15 is 0 Å². The topological polar surface area (TPSA) is 47.6 Å². The average molecular weight is 311 g/mol. The second-order valence-corrected chi connectivity index (χ2v) is 5.68. The van der Waals surface area contributed by atoms with Crippen LogP contribution in [-0.2, 0) is 17.6 Å². The van der Waals surface area contributed by atoms with Gasteiger partial charge in [0.15, 0.2) is 11.5 Å². The Kier molecular flexibility index (Phi) is 4.81. The third-order valence-corrected chi connectivity index (χ3v) is 3.98. The summed E-state index contributed by atoms with van der Waals surface area (Å²) in [4.78, 5) is 11.8. The second-order valence-electron chi connectivity index (χ2n) is 5.68. The fourth-order valence-electron chi connectivity index (χ4n) is 2.67. The van der Waals surface area contributed by atoms with Gasteiger partial charge in [0.2, 0.25) is 5.91 Å². The molecule has 2 aromatic rings. The molecule has 0 unspecified atom stereocenters. The zero-order valence-corrected chi connectivity index (χ0v) is 13.3. The van der Waals surface area contributed by atoms with E-state index in [1.54, 1.807) is 7.11 Å². The highest BCUT2D eigenvalue weighted by atomic mass is 16.5. The fourth-order valence-corrected chi connectivity index (χ4v) is 2.67. The van der Waals surface area contributed by atoms with E-state index < -0.39 is 0 Å². The molecule has 2 aliphatic heterocycles. The first kappa shape index (κ1) is 15.4. The number of hydrogen-bond donors (Lipinski definition) is 1. The van der Waals surface area contributed by atoms with Gasteiger partial charge in [-0.3, -0.25) is 4.79 Å². The molecule has 0 atom stereocenters. The van der Waals surface area contributed by atoms with Gasteiger partial charge in [-0.25, -0.2) is 0 Å². The first-order chi connectivity index (χ1) is 11.2. The predicted octanol–water partition coefficient (Wildman–Crippen LogP) is 3.48. The highest BCUT2D eigenvalue weighted by Gasteiger charge is 2.09. The lowest BCUT2D eigenvalue weighted by Gasteiger charge is -2.12. The lowest BCUT2D eigenvalue weighted by Crippen LogP contribution is -2.24. The van der Waals surface area contributed by atoms with Gasteiger partial charge >= 0.3 is 0 Å². The third kappa shape index (κ3) is 4.03. The van der Waals surface area contributed by atoms with E-state index in [2.05, 4.69) is 5.32 Å². The van der Waals surface area contributed by atoms with Crippen molar-refractivity contribution >= 4 is 5.91 Å². The number of carbonyl (C=O) groups is 1. The summed E-state index contributed by atoms with van der Waals surface area (Å²) in [5, 5.41) is 2.98. The third-order valence-electron chi connectivity index (χ3n) is 3.98. The number of aryl methyl sites for hydroxylation is 2. The summed E-state index contributed by atoms with van der Waals surface area (Å²) in [5.74, 6) is 2.31. The Morgan fingerprint density at radius 1 is 1.00 bits per heavy atom. The molecule has 0 aromatic heterocycles. The van der Waals surface area contributed by atoms with Crippen molar-refractivity contribution in [2.45, 2.75) is 25.7 Å². The molecule has 0 aliphatic carbocycles. The zero-order valence-electron chi connectivity index (χ0n) is 13.3. The van der Waals surface area contributed by atoms with Crippen LogP contribution in [0.5, 0.6) is 17.2 Å². The van der Waals surface area contributed by atoms with Crippen molar-refractivity contribution < 1.29 is 14.3 Å². The molecule has 4 bridgehead atoms. The maximum atomic E-state index is 11.8. The molecule has 1 N–H and O–H groups in total. The van der Waals surface area contributed by atoms with Crippen LogP contribution in [-0.4, -0.2) is 19.6 Å². The van der Waals surface area contributed by atoms with Crippen molar-refractivity contribution in [2.75, 3.05) is 13.7 Å². The van der Waals surface area contributed by atoms with Crippen molar-refractivity contribution in [3.63, 3.8) is 0 Å². The Morgan fingerprint density at radius 3 is 2.57 bits per heavy atom. The number of methoxy groups -OCH3 is 1. The Morgan fingerprint density at radius 2 is 1.78 bits per heavy atom. The molecule has 4 nitrogen and oxygen atoms in total. The molecule has 2 aromatic carbocycles. The summed E-state index contributed by atoms with van der Waals surface area (Å²) >= 11 is 0. The van der Waals surface area contributed by atoms with Gasteiger partial charge in [0.1, 0.15) is 5.75 Å². The fraction of sp³-hybridized carbons (Fsp3) is 0.316. The van der Waals surface area contributed by atoms with Gasteiger partial charge in [0.05, 0.1) is 7.11 Å². The van der Waals surface area contributed by atoms with E-state index in [1.165, 1.54) is 5.56 Å². The molecule has 1 amide bonds. The molecule has 0 spiro atoms. The molecule has 23 heavy (non-hydrogen) atoms. The predicted molar refractivity (Wildman–Crippen MR) is 89.2 cm³/mol.